The number of rotatable bonds is 35. The van der Waals surface area contributed by atoms with Crippen molar-refractivity contribution in [2.45, 2.75) is 239 Å². The molecule has 0 spiro atoms. The number of hydrogen-bond acceptors (Lipinski definition) is 0. The van der Waals surface area contributed by atoms with Gasteiger partial charge < -0.3 is 4.48 Å². The first-order valence-corrected chi connectivity index (χ1v) is 20.7. The van der Waals surface area contributed by atoms with Crippen molar-refractivity contribution in [3.05, 3.63) is 0 Å². The van der Waals surface area contributed by atoms with E-state index in [0.29, 0.717) is 0 Å². The lowest BCUT2D eigenvalue weighted by molar-refractivity contribution is -0.917. The molecule has 0 aliphatic carbocycles. The van der Waals surface area contributed by atoms with E-state index in [9.17, 15) is 0 Å². The van der Waals surface area contributed by atoms with Crippen molar-refractivity contribution in [1.29, 1.82) is 0 Å². The van der Waals surface area contributed by atoms with Gasteiger partial charge >= 0.3 is 0 Å². The molecule has 0 aromatic rings. The number of likely N-dealkylation sites (tertiary alicyclic amines) is 1. The minimum Gasteiger partial charge on any atom is -0.324 e. The molecule has 1 aliphatic heterocycles. The molecule has 0 bridgehead atoms. The van der Waals surface area contributed by atoms with Crippen LogP contribution in [-0.4, -0.2) is 30.7 Å². The maximum atomic E-state index is 2.31. The second kappa shape index (κ2) is 32.4. The van der Waals surface area contributed by atoms with Crippen LogP contribution < -0.4 is 0 Å². The summed E-state index contributed by atoms with van der Waals surface area (Å²) in [5.74, 6) is 0. The summed E-state index contributed by atoms with van der Waals surface area (Å²) in [7, 11) is 0. The molecule has 1 fully saturated rings. The molecule has 42 heavy (non-hydrogen) atoms. The summed E-state index contributed by atoms with van der Waals surface area (Å²) in [5.41, 5.74) is 0. The van der Waals surface area contributed by atoms with Gasteiger partial charge in [-0.3, -0.25) is 0 Å². The molecular weight excluding hydrogens is 506 g/mol. The first-order chi connectivity index (χ1) is 20.8. The van der Waals surface area contributed by atoms with Crippen LogP contribution in [0.5, 0.6) is 0 Å². The topological polar surface area (TPSA) is 0 Å². The number of nitrogens with zero attached hydrogens (tertiary/aromatic N) is 1. The molecule has 0 N–H and O–H groups in total. The lowest BCUT2D eigenvalue weighted by Gasteiger charge is -2.34. The molecular formula is C41H84N+. The van der Waals surface area contributed by atoms with E-state index in [0.717, 1.165) is 0 Å². The minimum absolute atomic E-state index is 1.37. The van der Waals surface area contributed by atoms with Crippen molar-refractivity contribution in [3.8, 4) is 0 Å². The number of unbranched alkanes of at least 4 members (excludes halogenated alkanes) is 31. The zero-order valence-electron chi connectivity index (χ0n) is 30.0. The molecule has 1 nitrogen and oxygen atoms in total. The monoisotopic (exact) mass is 591 g/mol. The van der Waals surface area contributed by atoms with Crippen LogP contribution in [0.15, 0.2) is 0 Å². The summed E-state index contributed by atoms with van der Waals surface area (Å²) >= 11 is 0. The highest BCUT2D eigenvalue weighted by molar-refractivity contribution is 4.58. The summed E-state index contributed by atoms with van der Waals surface area (Å²) < 4.78 is 1.50. The highest BCUT2D eigenvalue weighted by Gasteiger charge is 2.30. The quantitative estimate of drug-likeness (QED) is 0.0508. The smallest absolute Gasteiger partial charge is 0.0788 e. The first kappa shape index (κ1) is 40.0. The second-order valence-corrected chi connectivity index (χ2v) is 14.9. The maximum Gasteiger partial charge on any atom is 0.0788 e. The van der Waals surface area contributed by atoms with E-state index < -0.39 is 0 Å². The summed E-state index contributed by atoms with van der Waals surface area (Å²) in [5, 5.41) is 0. The van der Waals surface area contributed by atoms with E-state index in [1.54, 1.807) is 0 Å². The fourth-order valence-corrected chi connectivity index (χ4v) is 7.73. The Labute approximate surface area is 268 Å². The van der Waals surface area contributed by atoms with Crippen LogP contribution in [0.1, 0.15) is 239 Å². The van der Waals surface area contributed by atoms with Crippen molar-refractivity contribution in [2.24, 2.45) is 0 Å². The van der Waals surface area contributed by atoms with Crippen LogP contribution in [0.25, 0.3) is 0 Å². The zero-order valence-corrected chi connectivity index (χ0v) is 30.0. The van der Waals surface area contributed by atoms with Gasteiger partial charge in [-0.15, -0.1) is 0 Å². The molecule has 0 aromatic heterocycles. The van der Waals surface area contributed by atoms with E-state index in [2.05, 4.69) is 13.8 Å². The predicted octanol–water partition coefficient (Wildman–Crippen LogP) is 14.5. The van der Waals surface area contributed by atoms with Crippen LogP contribution >= 0.6 is 0 Å². The van der Waals surface area contributed by atoms with Gasteiger partial charge in [0, 0.05) is 12.8 Å². The van der Waals surface area contributed by atoms with E-state index >= 15 is 0 Å². The predicted molar refractivity (Wildman–Crippen MR) is 193 cm³/mol. The van der Waals surface area contributed by atoms with E-state index in [1.807, 2.05) is 0 Å². The SMILES string of the molecule is CCCCCCCCCCCCCCCCCCC[N+]1(CCCCCCCCCCCCCCCCCC)CCCC1. The molecule has 0 amide bonds. The van der Waals surface area contributed by atoms with E-state index in [4.69, 9.17) is 0 Å². The van der Waals surface area contributed by atoms with Gasteiger partial charge in [-0.05, 0) is 25.7 Å². The van der Waals surface area contributed by atoms with E-state index in [1.165, 1.54) is 255 Å². The molecule has 1 aliphatic rings. The minimum atomic E-state index is 1.37. The van der Waals surface area contributed by atoms with Gasteiger partial charge in [0.05, 0.1) is 26.2 Å². The third-order valence-corrected chi connectivity index (χ3v) is 10.7. The van der Waals surface area contributed by atoms with Gasteiger partial charge in [-0.2, -0.15) is 0 Å². The van der Waals surface area contributed by atoms with Crippen molar-refractivity contribution in [1.82, 2.24) is 0 Å². The summed E-state index contributed by atoms with van der Waals surface area (Å²) in [4.78, 5) is 0. The van der Waals surface area contributed by atoms with Crippen LogP contribution in [0.4, 0.5) is 0 Å². The summed E-state index contributed by atoms with van der Waals surface area (Å²) in [6, 6.07) is 0. The molecule has 0 radical (unpaired) electrons. The standard InChI is InChI=1S/C41H84N/c1-3-5-7-9-11-13-15-17-19-21-23-25-27-29-31-33-35-39-42(40-36-37-41-42)38-34-32-30-28-26-24-22-20-18-16-14-12-10-8-6-4-2/h3-41H2,1-2H3/q+1. The maximum absolute atomic E-state index is 2.31. The van der Waals surface area contributed by atoms with Gasteiger partial charge in [0.25, 0.3) is 0 Å². The second-order valence-electron chi connectivity index (χ2n) is 14.9. The zero-order chi connectivity index (χ0) is 30.1. The van der Waals surface area contributed by atoms with E-state index in [-0.39, 0.29) is 0 Å². The Hall–Kier alpha value is -0.0400. The van der Waals surface area contributed by atoms with Crippen LogP contribution in [0.3, 0.4) is 0 Å². The molecule has 0 saturated carbocycles. The summed E-state index contributed by atoms with van der Waals surface area (Å²) in [6.07, 6.45) is 51.9. The number of hydrogen-bond donors (Lipinski definition) is 0. The molecule has 1 rings (SSSR count). The van der Waals surface area contributed by atoms with Gasteiger partial charge in [0.1, 0.15) is 0 Å². The average Bonchev–Trinajstić information content (AvgIpc) is 3.47. The Bertz CT molecular complexity index is 493. The highest BCUT2D eigenvalue weighted by atomic mass is 15.4. The molecule has 0 unspecified atom stereocenters. The average molecular weight is 591 g/mol. The van der Waals surface area contributed by atoms with Crippen LogP contribution in [-0.2, 0) is 0 Å². The molecule has 0 aromatic carbocycles. The van der Waals surface area contributed by atoms with Crippen molar-refractivity contribution in [2.75, 3.05) is 26.2 Å². The molecule has 1 saturated heterocycles. The molecule has 252 valence electrons. The van der Waals surface area contributed by atoms with Crippen molar-refractivity contribution < 1.29 is 4.48 Å². The Morgan fingerprint density at radius 1 is 0.262 bits per heavy atom. The Balaban J connectivity index is 1.84. The molecule has 1 heterocycles. The van der Waals surface area contributed by atoms with Gasteiger partial charge in [-0.1, -0.05) is 200 Å². The van der Waals surface area contributed by atoms with Gasteiger partial charge in [-0.25, -0.2) is 0 Å². The largest absolute Gasteiger partial charge is 0.324 e. The lowest BCUT2D eigenvalue weighted by atomic mass is 10.0. The fraction of sp³-hybridized carbons (Fsp3) is 1.00. The van der Waals surface area contributed by atoms with Gasteiger partial charge in [0.2, 0.25) is 0 Å². The van der Waals surface area contributed by atoms with Gasteiger partial charge in [0.15, 0.2) is 0 Å². The van der Waals surface area contributed by atoms with Crippen molar-refractivity contribution >= 4 is 0 Å². The number of quaternary nitrogens is 1. The highest BCUT2D eigenvalue weighted by Crippen LogP contribution is 2.23. The van der Waals surface area contributed by atoms with Crippen LogP contribution in [0, 0.1) is 0 Å². The Morgan fingerprint density at radius 3 is 0.667 bits per heavy atom. The Morgan fingerprint density at radius 2 is 0.452 bits per heavy atom. The lowest BCUT2D eigenvalue weighted by Crippen LogP contribution is -2.46. The molecule has 1 heteroatoms. The first-order valence-electron chi connectivity index (χ1n) is 20.7. The Kier molecular flexibility index (Phi) is 30.8. The third-order valence-electron chi connectivity index (χ3n) is 10.7. The molecule has 0 atom stereocenters. The normalized spacial score (nSPS) is 14.7. The summed E-state index contributed by atoms with van der Waals surface area (Å²) in [6.45, 7) is 10.6. The third kappa shape index (κ3) is 26.4. The van der Waals surface area contributed by atoms with Crippen molar-refractivity contribution in [3.63, 3.8) is 0 Å². The fourth-order valence-electron chi connectivity index (χ4n) is 7.73. The van der Waals surface area contributed by atoms with Crippen LogP contribution in [0.2, 0.25) is 0 Å².